The van der Waals surface area contributed by atoms with E-state index in [9.17, 15) is 0 Å². The molecule has 3 nitrogen and oxygen atoms in total. The molecule has 19 heavy (non-hydrogen) atoms. The van der Waals surface area contributed by atoms with E-state index in [1.807, 2.05) is 0 Å². The molecule has 0 aromatic rings. The van der Waals surface area contributed by atoms with Crippen LogP contribution >= 0.6 is 0 Å². The second-order valence-electron chi connectivity index (χ2n) is 8.45. The highest BCUT2D eigenvalue weighted by molar-refractivity contribution is 5.18. The van der Waals surface area contributed by atoms with Crippen molar-refractivity contribution in [3.05, 3.63) is 0 Å². The van der Waals surface area contributed by atoms with Crippen LogP contribution in [0.3, 0.4) is 0 Å². The van der Waals surface area contributed by atoms with Gasteiger partial charge in [-0.05, 0) is 69.5 Å². The van der Waals surface area contributed by atoms with Gasteiger partial charge in [-0.2, -0.15) is 0 Å². The molecule has 0 atom stereocenters. The van der Waals surface area contributed by atoms with Gasteiger partial charge in [0.1, 0.15) is 0 Å². The molecule has 3 heteroatoms. The van der Waals surface area contributed by atoms with E-state index in [0.29, 0.717) is 0 Å². The molecule has 114 valence electrons. The molecule has 1 aliphatic rings. The average Bonchev–Trinajstić information content (AvgIpc) is 2.12. The average molecular weight is 269 g/mol. The van der Waals surface area contributed by atoms with Crippen molar-refractivity contribution in [2.45, 2.75) is 77.5 Å². The van der Waals surface area contributed by atoms with Gasteiger partial charge in [0.05, 0.1) is 0 Å². The van der Waals surface area contributed by atoms with Gasteiger partial charge in [0.15, 0.2) is 0 Å². The van der Waals surface area contributed by atoms with E-state index in [1.54, 1.807) is 0 Å². The van der Waals surface area contributed by atoms with Crippen LogP contribution in [0.25, 0.3) is 0 Å². The molecule has 1 saturated heterocycles. The van der Waals surface area contributed by atoms with E-state index in [0.717, 1.165) is 13.1 Å². The summed E-state index contributed by atoms with van der Waals surface area (Å²) in [4.78, 5) is 4.96. The Morgan fingerprint density at radius 1 is 0.789 bits per heavy atom. The summed E-state index contributed by atoms with van der Waals surface area (Å²) in [5, 5.41) is 3.87. The van der Waals surface area contributed by atoms with Crippen molar-refractivity contribution in [3.63, 3.8) is 0 Å². The van der Waals surface area contributed by atoms with E-state index >= 15 is 0 Å². The molecule has 1 aliphatic heterocycles. The Kier molecular flexibility index (Phi) is 4.20. The van der Waals surface area contributed by atoms with Crippen LogP contribution in [0.4, 0.5) is 0 Å². The standard InChI is InChI=1S/C16H35N3/c1-13(2)15(5,6)19(12-11-18(9)10)16(7,8)14(3,4)17-13/h17H,11-12H2,1-10H3. The van der Waals surface area contributed by atoms with E-state index in [4.69, 9.17) is 0 Å². The normalized spacial score (nSPS) is 28.6. The summed E-state index contributed by atoms with van der Waals surface area (Å²) < 4.78 is 0. The number of hydrogen-bond acceptors (Lipinski definition) is 3. The van der Waals surface area contributed by atoms with Gasteiger partial charge in [-0.25, -0.2) is 0 Å². The first-order chi connectivity index (χ1) is 8.26. The lowest BCUT2D eigenvalue weighted by Crippen LogP contribution is -2.83. The van der Waals surface area contributed by atoms with Crippen LogP contribution < -0.4 is 5.32 Å². The maximum Gasteiger partial charge on any atom is 0.0336 e. The van der Waals surface area contributed by atoms with Crippen molar-refractivity contribution in [1.82, 2.24) is 15.1 Å². The highest BCUT2D eigenvalue weighted by Gasteiger charge is 2.58. The Morgan fingerprint density at radius 2 is 1.16 bits per heavy atom. The zero-order chi connectivity index (χ0) is 15.3. The Balaban J connectivity index is 3.17. The Morgan fingerprint density at radius 3 is 1.47 bits per heavy atom. The van der Waals surface area contributed by atoms with Crippen LogP contribution in [0.1, 0.15) is 55.4 Å². The van der Waals surface area contributed by atoms with E-state index < -0.39 is 0 Å². The minimum absolute atomic E-state index is 0.0817. The number of piperazine rings is 1. The number of nitrogens with zero attached hydrogens (tertiary/aromatic N) is 2. The lowest BCUT2D eigenvalue weighted by molar-refractivity contribution is -0.128. The summed E-state index contributed by atoms with van der Waals surface area (Å²) in [6.07, 6.45) is 0. The third-order valence-corrected chi connectivity index (χ3v) is 5.80. The van der Waals surface area contributed by atoms with E-state index in [1.165, 1.54) is 0 Å². The first-order valence-corrected chi connectivity index (χ1v) is 7.47. The predicted octanol–water partition coefficient (Wildman–Crippen LogP) is 2.57. The van der Waals surface area contributed by atoms with Gasteiger partial charge in [-0.3, -0.25) is 4.90 Å². The number of nitrogens with one attached hydrogen (secondary N) is 1. The summed E-state index contributed by atoms with van der Waals surface area (Å²) in [5.41, 5.74) is 0.390. The Labute approximate surface area is 120 Å². The third-order valence-electron chi connectivity index (χ3n) is 5.80. The first-order valence-electron chi connectivity index (χ1n) is 7.47. The number of hydrogen-bond donors (Lipinski definition) is 1. The van der Waals surface area contributed by atoms with Crippen LogP contribution in [0, 0.1) is 0 Å². The summed E-state index contributed by atoms with van der Waals surface area (Å²) in [5.74, 6) is 0. The molecule has 1 N–H and O–H groups in total. The van der Waals surface area contributed by atoms with Crippen molar-refractivity contribution in [2.24, 2.45) is 0 Å². The maximum absolute atomic E-state index is 3.87. The lowest BCUT2D eigenvalue weighted by atomic mass is 9.67. The van der Waals surface area contributed by atoms with Crippen molar-refractivity contribution in [1.29, 1.82) is 0 Å². The molecule has 0 amide bonds. The highest BCUT2D eigenvalue weighted by Crippen LogP contribution is 2.44. The van der Waals surface area contributed by atoms with Crippen LogP contribution in [0.2, 0.25) is 0 Å². The second-order valence-corrected chi connectivity index (χ2v) is 8.45. The SMILES string of the molecule is CN(C)CCN1C(C)(C)C(C)(C)NC(C)(C)C1(C)C. The predicted molar refractivity (Wildman–Crippen MR) is 84.7 cm³/mol. The van der Waals surface area contributed by atoms with Gasteiger partial charge < -0.3 is 10.2 Å². The minimum Gasteiger partial charge on any atom is -0.308 e. The van der Waals surface area contributed by atoms with Gasteiger partial charge >= 0.3 is 0 Å². The van der Waals surface area contributed by atoms with Gasteiger partial charge in [0.25, 0.3) is 0 Å². The molecular weight excluding hydrogens is 234 g/mol. The van der Waals surface area contributed by atoms with Crippen molar-refractivity contribution >= 4 is 0 Å². The monoisotopic (exact) mass is 269 g/mol. The summed E-state index contributed by atoms with van der Waals surface area (Å²) in [6, 6.07) is 0. The van der Waals surface area contributed by atoms with E-state index in [-0.39, 0.29) is 22.2 Å². The van der Waals surface area contributed by atoms with Crippen molar-refractivity contribution in [2.75, 3.05) is 27.2 Å². The Hall–Kier alpha value is -0.120. The molecular formula is C16H35N3. The molecule has 1 heterocycles. The molecule has 0 aliphatic carbocycles. The molecule has 0 aromatic carbocycles. The zero-order valence-electron chi connectivity index (χ0n) is 14.8. The first kappa shape index (κ1) is 16.9. The quantitative estimate of drug-likeness (QED) is 0.849. The van der Waals surface area contributed by atoms with Crippen molar-refractivity contribution in [3.8, 4) is 0 Å². The molecule has 0 unspecified atom stereocenters. The zero-order valence-corrected chi connectivity index (χ0v) is 14.8. The Bertz CT molecular complexity index is 301. The van der Waals surface area contributed by atoms with Crippen LogP contribution in [-0.4, -0.2) is 59.1 Å². The fourth-order valence-electron chi connectivity index (χ4n) is 3.32. The van der Waals surface area contributed by atoms with Crippen LogP contribution in [-0.2, 0) is 0 Å². The van der Waals surface area contributed by atoms with Gasteiger partial charge in [-0.15, -0.1) is 0 Å². The summed E-state index contributed by atoms with van der Waals surface area (Å²) >= 11 is 0. The fraction of sp³-hybridized carbons (Fsp3) is 1.00. The fourth-order valence-corrected chi connectivity index (χ4v) is 3.32. The molecule has 0 spiro atoms. The van der Waals surface area contributed by atoms with Crippen LogP contribution in [0.15, 0.2) is 0 Å². The third kappa shape index (κ3) is 2.70. The van der Waals surface area contributed by atoms with Gasteiger partial charge in [0, 0.05) is 35.2 Å². The maximum atomic E-state index is 3.87. The van der Waals surface area contributed by atoms with Crippen LogP contribution in [0.5, 0.6) is 0 Å². The van der Waals surface area contributed by atoms with Gasteiger partial charge in [-0.1, -0.05) is 0 Å². The summed E-state index contributed by atoms with van der Waals surface area (Å²) in [6.45, 7) is 21.0. The second kappa shape index (κ2) is 4.71. The number of rotatable bonds is 3. The molecule has 1 rings (SSSR count). The molecule has 0 saturated carbocycles. The minimum atomic E-state index is 0.0817. The molecule has 0 bridgehead atoms. The van der Waals surface area contributed by atoms with Gasteiger partial charge in [0.2, 0.25) is 0 Å². The lowest BCUT2D eigenvalue weighted by Gasteiger charge is -2.67. The van der Waals surface area contributed by atoms with E-state index in [2.05, 4.69) is 84.6 Å². The smallest absolute Gasteiger partial charge is 0.0336 e. The summed E-state index contributed by atoms with van der Waals surface area (Å²) in [7, 11) is 4.30. The topological polar surface area (TPSA) is 18.5 Å². The molecule has 1 fully saturated rings. The largest absolute Gasteiger partial charge is 0.308 e. The highest BCUT2D eigenvalue weighted by atomic mass is 15.4. The molecule has 0 radical (unpaired) electrons. The van der Waals surface area contributed by atoms with Crippen molar-refractivity contribution < 1.29 is 0 Å². The molecule has 0 aromatic heterocycles. The number of likely N-dealkylation sites (N-methyl/N-ethyl adjacent to an activating group) is 1.